The third kappa shape index (κ3) is 2.76. The van der Waals surface area contributed by atoms with Gasteiger partial charge in [-0.3, -0.25) is 10.1 Å². The number of nitro groups is 1. The van der Waals surface area contributed by atoms with E-state index in [-0.39, 0.29) is 5.69 Å². The third-order valence-electron chi connectivity index (χ3n) is 3.74. The van der Waals surface area contributed by atoms with Gasteiger partial charge in [-0.25, -0.2) is 4.98 Å². The van der Waals surface area contributed by atoms with Gasteiger partial charge in [0.05, 0.1) is 16.2 Å². The number of aromatic nitrogens is 1. The summed E-state index contributed by atoms with van der Waals surface area (Å²) in [6.07, 6.45) is 4.19. The summed E-state index contributed by atoms with van der Waals surface area (Å²) in [4.78, 5) is 14.9. The largest absolute Gasteiger partial charge is 0.270 e. The quantitative estimate of drug-likeness (QED) is 0.472. The molecule has 5 nitrogen and oxygen atoms in total. The fourth-order valence-electron chi connectivity index (χ4n) is 2.63. The Morgan fingerprint density at radius 2 is 2.14 bits per heavy atom. The van der Waals surface area contributed by atoms with E-state index in [0.29, 0.717) is 21.8 Å². The van der Waals surface area contributed by atoms with Gasteiger partial charge in [0, 0.05) is 23.1 Å². The number of non-ortho nitro benzene ring substituents is 1. The Morgan fingerprint density at radius 1 is 1.36 bits per heavy atom. The van der Waals surface area contributed by atoms with Gasteiger partial charge in [-0.2, -0.15) is 5.26 Å². The molecule has 0 N–H and O–H groups in total. The second-order valence-corrected chi connectivity index (χ2v) is 6.00. The number of hydrogen-bond donors (Lipinski definition) is 0. The number of nitro benzene ring substituents is 1. The molecule has 1 aliphatic rings. The lowest BCUT2D eigenvalue weighted by Gasteiger charge is -1.99. The van der Waals surface area contributed by atoms with Crippen molar-refractivity contribution in [2.24, 2.45) is 0 Å². The Balaban J connectivity index is 1.97. The van der Waals surface area contributed by atoms with Gasteiger partial charge in [-0.1, -0.05) is 12.1 Å². The number of thiazole rings is 1. The van der Waals surface area contributed by atoms with Crippen molar-refractivity contribution in [3.63, 3.8) is 0 Å². The normalized spacial score (nSPS) is 13.9. The Morgan fingerprint density at radius 3 is 2.82 bits per heavy atom. The molecule has 0 bridgehead atoms. The minimum Gasteiger partial charge on any atom is -0.258 e. The van der Waals surface area contributed by atoms with Crippen molar-refractivity contribution in [3.8, 4) is 17.3 Å². The number of nitrogens with zero attached hydrogens (tertiary/aromatic N) is 3. The van der Waals surface area contributed by atoms with Crippen molar-refractivity contribution < 1.29 is 4.92 Å². The van der Waals surface area contributed by atoms with Crippen LogP contribution in [0.25, 0.3) is 16.8 Å². The fraction of sp³-hybridized carbons (Fsp3) is 0.250. The summed E-state index contributed by atoms with van der Waals surface area (Å²) in [5.74, 6) is 0. The van der Waals surface area contributed by atoms with E-state index in [4.69, 9.17) is 0 Å². The number of nitriles is 1. The average Bonchev–Trinajstić information content (AvgIpc) is 3.20. The Kier molecular flexibility index (Phi) is 3.98. The molecular weight excluding hydrogens is 298 g/mol. The molecule has 0 saturated heterocycles. The van der Waals surface area contributed by atoms with E-state index < -0.39 is 4.92 Å². The first-order valence-electron chi connectivity index (χ1n) is 7.02. The van der Waals surface area contributed by atoms with Crippen LogP contribution in [0.5, 0.6) is 0 Å². The van der Waals surface area contributed by atoms with E-state index in [9.17, 15) is 15.4 Å². The van der Waals surface area contributed by atoms with Crippen molar-refractivity contribution in [2.45, 2.75) is 25.7 Å². The van der Waals surface area contributed by atoms with Crippen LogP contribution in [0.3, 0.4) is 0 Å². The summed E-state index contributed by atoms with van der Waals surface area (Å²) in [7, 11) is 0. The van der Waals surface area contributed by atoms with Gasteiger partial charge >= 0.3 is 0 Å². The Bertz CT molecular complexity index is 794. The summed E-state index contributed by atoms with van der Waals surface area (Å²) in [6, 6.07) is 8.68. The lowest BCUT2D eigenvalue weighted by atomic mass is 10.1. The molecule has 1 heterocycles. The minimum atomic E-state index is -0.419. The van der Waals surface area contributed by atoms with Crippen LogP contribution < -0.4 is 0 Å². The van der Waals surface area contributed by atoms with E-state index in [0.717, 1.165) is 25.7 Å². The number of rotatable bonds is 3. The molecular formula is C16H13N3O2S. The van der Waals surface area contributed by atoms with Crippen LogP contribution in [0.1, 0.15) is 30.7 Å². The second kappa shape index (κ2) is 6.08. The maximum atomic E-state index is 10.9. The molecule has 0 atom stereocenters. The zero-order valence-corrected chi connectivity index (χ0v) is 12.6. The summed E-state index contributed by atoms with van der Waals surface area (Å²) in [6.45, 7) is 0. The molecule has 3 rings (SSSR count). The van der Waals surface area contributed by atoms with Crippen molar-refractivity contribution in [1.82, 2.24) is 4.98 Å². The SMILES string of the molecule is N#CC(=C1CCCC1)c1nc(-c2cccc([N+](=O)[O-])c2)cs1. The van der Waals surface area contributed by atoms with E-state index in [2.05, 4.69) is 11.1 Å². The molecule has 2 aromatic rings. The molecule has 1 saturated carbocycles. The van der Waals surface area contributed by atoms with Gasteiger partial charge in [-0.05, 0) is 31.3 Å². The lowest BCUT2D eigenvalue weighted by molar-refractivity contribution is -0.384. The predicted octanol–water partition coefficient (Wildman–Crippen LogP) is 4.57. The molecule has 1 aromatic heterocycles. The van der Waals surface area contributed by atoms with E-state index in [1.807, 2.05) is 5.38 Å². The highest BCUT2D eigenvalue weighted by atomic mass is 32.1. The van der Waals surface area contributed by atoms with Crippen LogP contribution in [0.2, 0.25) is 0 Å². The van der Waals surface area contributed by atoms with Crippen LogP contribution in [-0.4, -0.2) is 9.91 Å². The van der Waals surface area contributed by atoms with Crippen LogP contribution in [0, 0.1) is 21.4 Å². The van der Waals surface area contributed by atoms with Gasteiger partial charge in [0.2, 0.25) is 0 Å². The molecule has 1 aliphatic carbocycles. The topological polar surface area (TPSA) is 79.8 Å². The van der Waals surface area contributed by atoms with Crippen LogP contribution in [-0.2, 0) is 0 Å². The minimum absolute atomic E-state index is 0.0432. The third-order valence-corrected chi connectivity index (χ3v) is 4.60. The molecule has 6 heteroatoms. The molecule has 1 aromatic carbocycles. The first-order chi connectivity index (χ1) is 10.7. The van der Waals surface area contributed by atoms with Gasteiger partial charge < -0.3 is 0 Å². The Hall–Kier alpha value is -2.52. The summed E-state index contributed by atoms with van der Waals surface area (Å²) in [5, 5.41) is 22.8. The summed E-state index contributed by atoms with van der Waals surface area (Å²) >= 11 is 1.42. The van der Waals surface area contributed by atoms with Gasteiger partial charge in [-0.15, -0.1) is 11.3 Å². The molecule has 0 aliphatic heterocycles. The van der Waals surface area contributed by atoms with Crippen molar-refractivity contribution in [3.05, 3.63) is 50.3 Å². The smallest absolute Gasteiger partial charge is 0.258 e. The van der Waals surface area contributed by atoms with E-state index in [1.165, 1.54) is 29.0 Å². The average molecular weight is 311 g/mol. The molecule has 0 amide bonds. The van der Waals surface area contributed by atoms with Crippen molar-refractivity contribution >= 4 is 22.6 Å². The fourth-order valence-corrected chi connectivity index (χ4v) is 3.50. The first kappa shape index (κ1) is 14.4. The second-order valence-electron chi connectivity index (χ2n) is 5.14. The Labute approximate surface area is 131 Å². The highest BCUT2D eigenvalue weighted by Gasteiger charge is 2.17. The highest BCUT2D eigenvalue weighted by molar-refractivity contribution is 7.11. The van der Waals surface area contributed by atoms with Crippen molar-refractivity contribution in [1.29, 1.82) is 5.26 Å². The number of benzene rings is 1. The number of hydrogen-bond acceptors (Lipinski definition) is 5. The lowest BCUT2D eigenvalue weighted by Crippen LogP contribution is -1.89. The molecule has 22 heavy (non-hydrogen) atoms. The molecule has 0 unspecified atom stereocenters. The monoisotopic (exact) mass is 311 g/mol. The summed E-state index contributed by atoms with van der Waals surface area (Å²) in [5.41, 5.74) is 3.28. The predicted molar refractivity (Wildman–Crippen MR) is 85.2 cm³/mol. The number of allylic oxidation sites excluding steroid dienone is 2. The first-order valence-corrected chi connectivity index (χ1v) is 7.90. The van der Waals surface area contributed by atoms with E-state index >= 15 is 0 Å². The van der Waals surface area contributed by atoms with Crippen LogP contribution in [0.15, 0.2) is 35.2 Å². The van der Waals surface area contributed by atoms with Crippen LogP contribution >= 0.6 is 11.3 Å². The maximum absolute atomic E-state index is 10.9. The van der Waals surface area contributed by atoms with Crippen LogP contribution in [0.4, 0.5) is 5.69 Å². The van der Waals surface area contributed by atoms with Crippen molar-refractivity contribution in [2.75, 3.05) is 0 Å². The zero-order valence-electron chi connectivity index (χ0n) is 11.8. The standard InChI is InChI=1S/C16H13N3O2S/c17-9-14(11-4-1-2-5-11)16-18-15(10-22-16)12-6-3-7-13(8-12)19(20)21/h3,6-8,10H,1-2,4-5H2. The highest BCUT2D eigenvalue weighted by Crippen LogP contribution is 2.34. The van der Waals surface area contributed by atoms with Gasteiger partial charge in [0.1, 0.15) is 11.1 Å². The zero-order chi connectivity index (χ0) is 15.5. The summed E-state index contributed by atoms with van der Waals surface area (Å²) < 4.78 is 0. The molecule has 1 fully saturated rings. The van der Waals surface area contributed by atoms with Gasteiger partial charge in [0.15, 0.2) is 0 Å². The van der Waals surface area contributed by atoms with Gasteiger partial charge in [0.25, 0.3) is 5.69 Å². The molecule has 0 spiro atoms. The van der Waals surface area contributed by atoms with E-state index in [1.54, 1.807) is 12.1 Å². The molecule has 0 radical (unpaired) electrons. The maximum Gasteiger partial charge on any atom is 0.270 e. The molecule has 110 valence electrons.